The monoisotopic (exact) mass is 300 g/mol. The fourth-order valence-electron chi connectivity index (χ4n) is 2.11. The highest BCUT2D eigenvalue weighted by atomic mass is 35.5. The third kappa shape index (κ3) is 2.71. The lowest BCUT2D eigenvalue weighted by Crippen LogP contribution is -1.81. The number of hydrogen-bond donors (Lipinski definition) is 2. The van der Waals surface area contributed by atoms with Crippen LogP contribution >= 0.6 is 11.6 Å². The van der Waals surface area contributed by atoms with E-state index in [9.17, 15) is 5.11 Å². The quantitative estimate of drug-likeness (QED) is 0.709. The van der Waals surface area contributed by atoms with Crippen LogP contribution in [-0.2, 0) is 0 Å². The Morgan fingerprint density at radius 1 is 1.19 bits per heavy atom. The molecule has 1 aromatic heterocycles. The number of H-pyrrole nitrogens is 1. The van der Waals surface area contributed by atoms with Crippen molar-refractivity contribution in [2.75, 3.05) is 7.11 Å². The number of benzene rings is 2. The van der Waals surface area contributed by atoms with Gasteiger partial charge in [-0.15, -0.1) is 0 Å². The van der Waals surface area contributed by atoms with Crippen molar-refractivity contribution in [2.45, 2.75) is 0 Å². The molecule has 0 spiro atoms. The number of nitrogens with zero attached hydrogens (tertiary/aromatic N) is 1. The average Bonchev–Trinajstić information content (AvgIpc) is 2.80. The molecule has 0 atom stereocenters. The Morgan fingerprint density at radius 3 is 2.67 bits per heavy atom. The number of aliphatic imine (C=N–C) groups is 1. The minimum absolute atomic E-state index is 0.0736. The van der Waals surface area contributed by atoms with Crippen LogP contribution in [0.2, 0.25) is 5.02 Å². The van der Waals surface area contributed by atoms with Crippen LogP contribution in [0.25, 0.3) is 10.9 Å². The number of halogens is 1. The number of hydrogen-bond acceptors (Lipinski definition) is 3. The van der Waals surface area contributed by atoms with Crippen LogP contribution in [0, 0.1) is 0 Å². The van der Waals surface area contributed by atoms with Crippen LogP contribution in [0.3, 0.4) is 0 Å². The van der Waals surface area contributed by atoms with E-state index < -0.39 is 0 Å². The van der Waals surface area contributed by atoms with Crippen molar-refractivity contribution < 1.29 is 9.84 Å². The summed E-state index contributed by atoms with van der Waals surface area (Å²) in [5.41, 5.74) is 2.20. The number of ether oxygens (including phenoxy) is 1. The zero-order valence-electron chi connectivity index (χ0n) is 11.3. The minimum atomic E-state index is 0.0736. The Morgan fingerprint density at radius 2 is 1.95 bits per heavy atom. The van der Waals surface area contributed by atoms with Gasteiger partial charge < -0.3 is 14.8 Å². The maximum absolute atomic E-state index is 9.98. The molecule has 106 valence electrons. The third-order valence-corrected chi connectivity index (χ3v) is 3.43. The van der Waals surface area contributed by atoms with E-state index in [4.69, 9.17) is 16.3 Å². The zero-order chi connectivity index (χ0) is 14.8. The zero-order valence-corrected chi connectivity index (χ0v) is 12.1. The van der Waals surface area contributed by atoms with Gasteiger partial charge in [-0.3, -0.25) is 4.99 Å². The van der Waals surface area contributed by atoms with E-state index in [2.05, 4.69) is 9.98 Å². The summed E-state index contributed by atoms with van der Waals surface area (Å²) in [5, 5.41) is 11.4. The molecule has 5 heteroatoms. The summed E-state index contributed by atoms with van der Waals surface area (Å²) < 4.78 is 5.10. The molecule has 0 radical (unpaired) electrons. The summed E-state index contributed by atoms with van der Waals surface area (Å²) >= 11 is 6.00. The molecule has 2 N–H and O–H groups in total. The van der Waals surface area contributed by atoms with Crippen LogP contribution < -0.4 is 4.74 Å². The van der Waals surface area contributed by atoms with Gasteiger partial charge in [0, 0.05) is 22.1 Å². The van der Waals surface area contributed by atoms with Crippen molar-refractivity contribution in [1.29, 1.82) is 0 Å². The van der Waals surface area contributed by atoms with Crippen molar-refractivity contribution in [2.24, 2.45) is 4.99 Å². The van der Waals surface area contributed by atoms with Crippen LogP contribution in [0.1, 0.15) is 5.56 Å². The van der Waals surface area contributed by atoms with E-state index >= 15 is 0 Å². The molecule has 0 saturated carbocycles. The Bertz CT molecular complexity index is 807. The second-order valence-electron chi connectivity index (χ2n) is 4.53. The molecule has 0 aliphatic carbocycles. The van der Waals surface area contributed by atoms with Gasteiger partial charge in [-0.1, -0.05) is 11.6 Å². The third-order valence-electron chi connectivity index (χ3n) is 3.20. The Hall–Kier alpha value is -2.46. The second kappa shape index (κ2) is 5.50. The van der Waals surface area contributed by atoms with Gasteiger partial charge in [0.05, 0.1) is 18.4 Å². The molecule has 0 saturated heterocycles. The van der Waals surface area contributed by atoms with E-state index in [1.54, 1.807) is 25.5 Å². The molecule has 2 aromatic carbocycles. The first-order valence-corrected chi connectivity index (χ1v) is 6.73. The van der Waals surface area contributed by atoms with Gasteiger partial charge in [0.15, 0.2) is 5.88 Å². The van der Waals surface area contributed by atoms with Gasteiger partial charge in [-0.25, -0.2) is 0 Å². The molecule has 1 heterocycles. The maximum atomic E-state index is 9.98. The maximum Gasteiger partial charge on any atom is 0.198 e. The van der Waals surface area contributed by atoms with E-state index in [-0.39, 0.29) is 5.88 Å². The number of fused-ring (bicyclic) bond motifs is 1. The van der Waals surface area contributed by atoms with E-state index in [0.717, 1.165) is 22.3 Å². The van der Waals surface area contributed by atoms with Crippen molar-refractivity contribution in [3.05, 3.63) is 53.1 Å². The molecule has 0 unspecified atom stereocenters. The molecule has 3 rings (SSSR count). The predicted octanol–water partition coefficient (Wildman–Crippen LogP) is 4.29. The van der Waals surface area contributed by atoms with Crippen LogP contribution in [-0.4, -0.2) is 23.4 Å². The molecular formula is C16H13ClN2O2. The summed E-state index contributed by atoms with van der Waals surface area (Å²) in [6.45, 7) is 0. The Kier molecular flexibility index (Phi) is 3.54. The number of aromatic amines is 1. The van der Waals surface area contributed by atoms with Crippen LogP contribution in [0.4, 0.5) is 5.69 Å². The van der Waals surface area contributed by atoms with Gasteiger partial charge in [0.1, 0.15) is 5.75 Å². The van der Waals surface area contributed by atoms with Crippen LogP contribution in [0.15, 0.2) is 47.5 Å². The lowest BCUT2D eigenvalue weighted by atomic mass is 10.2. The van der Waals surface area contributed by atoms with E-state index in [1.165, 1.54) is 0 Å². The minimum Gasteiger partial charge on any atom is -0.497 e. The largest absolute Gasteiger partial charge is 0.497 e. The summed E-state index contributed by atoms with van der Waals surface area (Å²) in [6.07, 6.45) is 1.62. The molecule has 0 fully saturated rings. The molecule has 0 aliphatic heterocycles. The summed E-state index contributed by atoms with van der Waals surface area (Å²) in [7, 11) is 1.62. The van der Waals surface area contributed by atoms with Crippen molar-refractivity contribution in [1.82, 2.24) is 4.98 Å². The highest BCUT2D eigenvalue weighted by molar-refractivity contribution is 6.31. The summed E-state index contributed by atoms with van der Waals surface area (Å²) in [6, 6.07) is 12.7. The first-order chi connectivity index (χ1) is 10.2. The molecule has 0 amide bonds. The molecular weight excluding hydrogens is 288 g/mol. The number of methoxy groups -OCH3 is 1. The first kappa shape index (κ1) is 13.5. The fraction of sp³-hybridized carbons (Fsp3) is 0.0625. The number of aromatic hydroxyl groups is 1. The topological polar surface area (TPSA) is 57.6 Å². The van der Waals surface area contributed by atoms with Gasteiger partial charge in [-0.05, 0) is 42.5 Å². The lowest BCUT2D eigenvalue weighted by molar-refractivity contribution is 0.415. The van der Waals surface area contributed by atoms with Crippen LogP contribution in [0.5, 0.6) is 11.6 Å². The fourth-order valence-corrected chi connectivity index (χ4v) is 2.28. The Balaban J connectivity index is 1.98. The molecule has 4 nitrogen and oxygen atoms in total. The SMILES string of the molecule is COc1ccc(N=Cc2c(O)[nH]c3ccc(Cl)cc23)cc1. The molecule has 0 bridgehead atoms. The summed E-state index contributed by atoms with van der Waals surface area (Å²) in [5.74, 6) is 0.847. The molecule has 0 aliphatic rings. The van der Waals surface area contributed by atoms with Gasteiger partial charge in [-0.2, -0.15) is 0 Å². The number of nitrogens with one attached hydrogen (secondary N) is 1. The van der Waals surface area contributed by atoms with Gasteiger partial charge in [0.25, 0.3) is 0 Å². The van der Waals surface area contributed by atoms with Gasteiger partial charge in [0.2, 0.25) is 0 Å². The molecule has 21 heavy (non-hydrogen) atoms. The van der Waals surface area contributed by atoms with E-state index in [0.29, 0.717) is 10.6 Å². The number of rotatable bonds is 3. The van der Waals surface area contributed by atoms with Crippen molar-refractivity contribution in [3.63, 3.8) is 0 Å². The highest BCUT2D eigenvalue weighted by Crippen LogP contribution is 2.28. The van der Waals surface area contributed by atoms with Crippen molar-refractivity contribution in [3.8, 4) is 11.6 Å². The lowest BCUT2D eigenvalue weighted by Gasteiger charge is -1.99. The smallest absolute Gasteiger partial charge is 0.198 e. The van der Waals surface area contributed by atoms with Crippen molar-refractivity contribution >= 4 is 34.4 Å². The standard InChI is InChI=1S/C16H13ClN2O2/c1-21-12-5-3-11(4-6-12)18-9-14-13-8-10(17)2-7-15(13)19-16(14)20/h2-9,19-20H,1H3. The highest BCUT2D eigenvalue weighted by Gasteiger charge is 2.09. The Labute approximate surface area is 126 Å². The second-order valence-corrected chi connectivity index (χ2v) is 4.97. The predicted molar refractivity (Wildman–Crippen MR) is 85.2 cm³/mol. The number of aromatic nitrogens is 1. The molecule has 3 aromatic rings. The van der Waals surface area contributed by atoms with E-state index in [1.807, 2.05) is 30.3 Å². The normalized spacial score (nSPS) is 11.3. The summed E-state index contributed by atoms with van der Waals surface area (Å²) in [4.78, 5) is 7.26. The average molecular weight is 301 g/mol. The first-order valence-electron chi connectivity index (χ1n) is 6.35. The van der Waals surface area contributed by atoms with Gasteiger partial charge >= 0.3 is 0 Å².